The molecule has 26 heavy (non-hydrogen) atoms. The molecule has 0 saturated heterocycles. The molecule has 3 aromatic rings. The average Bonchev–Trinajstić information content (AvgIpc) is 2.61. The van der Waals surface area contributed by atoms with Gasteiger partial charge in [0.15, 0.2) is 0 Å². The summed E-state index contributed by atoms with van der Waals surface area (Å²) in [7, 11) is 0. The lowest BCUT2D eigenvalue weighted by atomic mass is 9.95. The lowest BCUT2D eigenvalue weighted by Gasteiger charge is -2.23. The second kappa shape index (κ2) is 7.75. The summed E-state index contributed by atoms with van der Waals surface area (Å²) in [6, 6.07) is 15.5. The normalized spacial score (nSPS) is 12.6. The van der Waals surface area contributed by atoms with Gasteiger partial charge in [-0.15, -0.1) is 0 Å². The minimum Gasteiger partial charge on any atom is -0.508 e. The molecule has 1 aromatic heterocycles. The Hall–Kier alpha value is -2.59. The van der Waals surface area contributed by atoms with Crippen LogP contribution in [0.3, 0.4) is 0 Å². The van der Waals surface area contributed by atoms with Crippen molar-refractivity contribution in [1.82, 2.24) is 5.32 Å². The van der Waals surface area contributed by atoms with Gasteiger partial charge in [-0.1, -0.05) is 51.1 Å². The van der Waals surface area contributed by atoms with Crippen molar-refractivity contribution in [2.75, 3.05) is 0 Å². The van der Waals surface area contributed by atoms with Crippen molar-refractivity contribution in [2.24, 2.45) is 5.92 Å². The highest BCUT2D eigenvalue weighted by atomic mass is 16.4. The second-order valence-electron chi connectivity index (χ2n) is 6.93. The van der Waals surface area contributed by atoms with E-state index in [0.29, 0.717) is 24.5 Å². The van der Waals surface area contributed by atoms with E-state index in [4.69, 9.17) is 4.42 Å². The Labute approximate surface area is 153 Å². The summed E-state index contributed by atoms with van der Waals surface area (Å²) < 4.78 is 5.28. The van der Waals surface area contributed by atoms with Gasteiger partial charge >= 0.3 is 5.63 Å². The van der Waals surface area contributed by atoms with Crippen molar-refractivity contribution in [2.45, 2.75) is 39.8 Å². The molecular formula is C22H25NO3. The van der Waals surface area contributed by atoms with Gasteiger partial charge in [-0.2, -0.15) is 0 Å². The summed E-state index contributed by atoms with van der Waals surface area (Å²) >= 11 is 0. The fourth-order valence-electron chi connectivity index (χ4n) is 3.36. The Morgan fingerprint density at radius 1 is 1.08 bits per heavy atom. The van der Waals surface area contributed by atoms with Crippen LogP contribution in [0.15, 0.2) is 57.7 Å². The lowest BCUT2D eigenvalue weighted by molar-refractivity contribution is 0.410. The minimum absolute atomic E-state index is 0.164. The van der Waals surface area contributed by atoms with E-state index < -0.39 is 5.63 Å². The van der Waals surface area contributed by atoms with Crippen molar-refractivity contribution in [1.29, 1.82) is 0 Å². The number of aromatic hydroxyl groups is 1. The van der Waals surface area contributed by atoms with Crippen LogP contribution in [0.5, 0.6) is 5.75 Å². The first-order chi connectivity index (χ1) is 12.5. The molecule has 4 heteroatoms. The zero-order valence-electron chi connectivity index (χ0n) is 15.5. The predicted molar refractivity (Wildman–Crippen MR) is 104 cm³/mol. The summed E-state index contributed by atoms with van der Waals surface area (Å²) in [5.74, 6) is 0.566. The smallest absolute Gasteiger partial charge is 0.336 e. The van der Waals surface area contributed by atoms with E-state index in [0.717, 1.165) is 16.5 Å². The van der Waals surface area contributed by atoms with Gasteiger partial charge in [0.05, 0.1) is 0 Å². The molecular weight excluding hydrogens is 326 g/mol. The molecule has 0 fully saturated rings. The maximum absolute atomic E-state index is 11.9. The average molecular weight is 351 g/mol. The van der Waals surface area contributed by atoms with Crippen LogP contribution < -0.4 is 10.9 Å². The first-order valence-electron chi connectivity index (χ1n) is 9.06. The molecule has 0 aliphatic heterocycles. The van der Waals surface area contributed by atoms with Crippen LogP contribution in [0.1, 0.15) is 43.5 Å². The van der Waals surface area contributed by atoms with Gasteiger partial charge < -0.3 is 14.8 Å². The van der Waals surface area contributed by atoms with Crippen LogP contribution in [0.4, 0.5) is 0 Å². The maximum atomic E-state index is 11.9. The summed E-state index contributed by atoms with van der Waals surface area (Å²) in [6.45, 7) is 6.89. The summed E-state index contributed by atoms with van der Waals surface area (Å²) in [6.07, 6.45) is 0.715. The lowest BCUT2D eigenvalue weighted by Crippen LogP contribution is -2.25. The van der Waals surface area contributed by atoms with E-state index in [1.165, 1.54) is 17.7 Å². The molecule has 0 saturated carbocycles. The Morgan fingerprint density at radius 3 is 2.46 bits per heavy atom. The molecule has 2 aromatic carbocycles. The van der Waals surface area contributed by atoms with Crippen molar-refractivity contribution in [3.8, 4) is 5.75 Å². The number of rotatable bonds is 6. The van der Waals surface area contributed by atoms with Gasteiger partial charge in [-0.25, -0.2) is 4.79 Å². The Balaban J connectivity index is 1.96. The fourth-order valence-corrected chi connectivity index (χ4v) is 3.36. The molecule has 0 spiro atoms. The topological polar surface area (TPSA) is 62.5 Å². The quantitative estimate of drug-likeness (QED) is 0.640. The number of aryl methyl sites for hydroxylation is 1. The van der Waals surface area contributed by atoms with Gasteiger partial charge in [-0.3, -0.25) is 0 Å². The molecule has 1 atom stereocenters. The zero-order valence-corrected chi connectivity index (χ0v) is 15.5. The second-order valence-corrected chi connectivity index (χ2v) is 6.93. The Kier molecular flexibility index (Phi) is 5.43. The Bertz CT molecular complexity index is 945. The molecule has 136 valence electrons. The number of fused-ring (bicyclic) bond motifs is 1. The maximum Gasteiger partial charge on any atom is 0.336 e. The van der Waals surface area contributed by atoms with E-state index in [9.17, 15) is 9.90 Å². The third-order valence-corrected chi connectivity index (χ3v) is 4.75. The van der Waals surface area contributed by atoms with Gasteiger partial charge in [0.1, 0.15) is 11.3 Å². The van der Waals surface area contributed by atoms with E-state index in [-0.39, 0.29) is 11.8 Å². The van der Waals surface area contributed by atoms with E-state index in [1.807, 2.05) is 31.2 Å². The highest BCUT2D eigenvalue weighted by molar-refractivity contribution is 5.82. The highest BCUT2D eigenvalue weighted by Crippen LogP contribution is 2.28. The molecule has 0 radical (unpaired) electrons. The molecule has 4 nitrogen and oxygen atoms in total. The molecule has 0 bridgehead atoms. The molecule has 2 N–H and O–H groups in total. The molecule has 1 heterocycles. The third kappa shape index (κ3) is 3.81. The molecule has 0 unspecified atom stereocenters. The standard InChI is InChI=1S/C22H25NO3/c1-4-15-10-18-17(11-21(25)26-20(18)12-19(15)24)13-23-22(14(2)3)16-8-6-5-7-9-16/h5-12,14,22-24H,4,13H2,1-3H3/t22-/m0/s1. The van der Waals surface area contributed by atoms with Crippen LogP contribution in [-0.4, -0.2) is 5.11 Å². The predicted octanol–water partition coefficient (Wildman–Crippen LogP) is 4.55. The van der Waals surface area contributed by atoms with Crippen molar-refractivity contribution >= 4 is 11.0 Å². The molecule has 0 aliphatic carbocycles. The van der Waals surface area contributed by atoms with Crippen LogP contribution >= 0.6 is 0 Å². The van der Waals surface area contributed by atoms with Crippen LogP contribution in [0.25, 0.3) is 11.0 Å². The SMILES string of the molecule is CCc1cc2c(CN[C@H](c3ccccc3)C(C)C)cc(=O)oc2cc1O. The third-order valence-electron chi connectivity index (χ3n) is 4.75. The summed E-state index contributed by atoms with van der Waals surface area (Å²) in [4.78, 5) is 11.9. The van der Waals surface area contributed by atoms with Gasteiger partial charge in [0.2, 0.25) is 0 Å². The summed E-state index contributed by atoms with van der Waals surface area (Å²) in [5, 5.41) is 14.5. The van der Waals surface area contributed by atoms with E-state index in [1.54, 1.807) is 0 Å². The number of nitrogens with one attached hydrogen (secondary N) is 1. The number of benzene rings is 2. The molecule has 0 amide bonds. The van der Waals surface area contributed by atoms with Crippen LogP contribution in [0.2, 0.25) is 0 Å². The van der Waals surface area contributed by atoms with Gasteiger partial charge in [0, 0.05) is 30.1 Å². The molecule has 0 aliphatic rings. The van der Waals surface area contributed by atoms with Crippen molar-refractivity contribution < 1.29 is 9.52 Å². The first kappa shape index (κ1) is 18.2. The van der Waals surface area contributed by atoms with E-state index in [2.05, 4.69) is 31.3 Å². The number of hydrogen-bond acceptors (Lipinski definition) is 4. The van der Waals surface area contributed by atoms with Crippen LogP contribution in [0, 0.1) is 5.92 Å². The van der Waals surface area contributed by atoms with Gasteiger partial charge in [0.25, 0.3) is 0 Å². The Morgan fingerprint density at radius 2 is 1.81 bits per heavy atom. The van der Waals surface area contributed by atoms with Crippen molar-refractivity contribution in [3.63, 3.8) is 0 Å². The number of hydrogen-bond donors (Lipinski definition) is 2. The summed E-state index contributed by atoms with van der Waals surface area (Å²) in [5.41, 5.74) is 2.97. The highest BCUT2D eigenvalue weighted by Gasteiger charge is 2.16. The van der Waals surface area contributed by atoms with Gasteiger partial charge in [-0.05, 0) is 35.1 Å². The van der Waals surface area contributed by atoms with Crippen molar-refractivity contribution in [3.05, 3.63) is 75.6 Å². The minimum atomic E-state index is -0.404. The monoisotopic (exact) mass is 351 g/mol. The zero-order chi connectivity index (χ0) is 18.7. The number of phenolic OH excluding ortho intramolecular Hbond substituents is 1. The molecule has 3 rings (SSSR count). The number of phenols is 1. The first-order valence-corrected chi connectivity index (χ1v) is 9.06. The largest absolute Gasteiger partial charge is 0.508 e. The van der Waals surface area contributed by atoms with E-state index >= 15 is 0 Å². The van der Waals surface area contributed by atoms with Crippen LogP contribution in [-0.2, 0) is 13.0 Å². The fraction of sp³-hybridized carbons (Fsp3) is 0.318.